The van der Waals surface area contributed by atoms with Crippen LogP contribution in [0.1, 0.15) is 30.8 Å². The van der Waals surface area contributed by atoms with E-state index in [1.165, 1.54) is 0 Å². The Morgan fingerprint density at radius 1 is 1.12 bits per heavy atom. The zero-order valence-corrected chi connectivity index (χ0v) is 14.1. The van der Waals surface area contributed by atoms with E-state index in [1.807, 2.05) is 62.4 Å². The standard InChI is InChI=1S/C20H20N2O2/c1-4-24-20(23)16-12-18(22-14(16)3)19(15-8-6-5-7-9-15)17-11-10-13(2)21-17/h5-12,21H,4H2,1-3H3. The van der Waals surface area contributed by atoms with E-state index < -0.39 is 0 Å². The van der Waals surface area contributed by atoms with E-state index in [4.69, 9.17) is 4.74 Å². The monoisotopic (exact) mass is 320 g/mol. The van der Waals surface area contributed by atoms with Gasteiger partial charge in [0.1, 0.15) is 0 Å². The third-order valence-electron chi connectivity index (χ3n) is 3.87. The van der Waals surface area contributed by atoms with Crippen molar-refractivity contribution in [3.63, 3.8) is 0 Å². The van der Waals surface area contributed by atoms with Gasteiger partial charge in [-0.1, -0.05) is 30.3 Å². The van der Waals surface area contributed by atoms with Crippen LogP contribution in [0.25, 0.3) is 5.57 Å². The van der Waals surface area contributed by atoms with Crippen molar-refractivity contribution in [1.29, 1.82) is 0 Å². The maximum atomic E-state index is 12.1. The van der Waals surface area contributed by atoms with Gasteiger partial charge in [-0.15, -0.1) is 0 Å². The molecule has 24 heavy (non-hydrogen) atoms. The fourth-order valence-corrected chi connectivity index (χ4v) is 2.75. The van der Waals surface area contributed by atoms with Crippen molar-refractivity contribution in [1.82, 2.24) is 4.98 Å². The number of hydrogen-bond donors (Lipinski definition) is 1. The number of aromatic amines is 1. The Hall–Kier alpha value is -2.88. The predicted octanol–water partition coefficient (Wildman–Crippen LogP) is 4.05. The zero-order valence-electron chi connectivity index (χ0n) is 14.1. The minimum atomic E-state index is -0.330. The van der Waals surface area contributed by atoms with Crippen LogP contribution in [0.4, 0.5) is 0 Å². The summed E-state index contributed by atoms with van der Waals surface area (Å²) in [7, 11) is 0. The van der Waals surface area contributed by atoms with Crippen LogP contribution in [0, 0.1) is 6.92 Å². The largest absolute Gasteiger partial charge is 0.462 e. The van der Waals surface area contributed by atoms with Crippen LogP contribution in [0.15, 0.2) is 64.8 Å². The van der Waals surface area contributed by atoms with Crippen molar-refractivity contribution < 1.29 is 9.53 Å². The van der Waals surface area contributed by atoms with E-state index in [-0.39, 0.29) is 5.97 Å². The van der Waals surface area contributed by atoms with Gasteiger partial charge in [-0.2, -0.15) is 0 Å². The molecule has 4 nitrogen and oxygen atoms in total. The fourth-order valence-electron chi connectivity index (χ4n) is 2.75. The molecule has 0 bridgehead atoms. The summed E-state index contributed by atoms with van der Waals surface area (Å²) in [6.07, 6.45) is 1.81. The van der Waals surface area contributed by atoms with Gasteiger partial charge < -0.3 is 9.72 Å². The highest BCUT2D eigenvalue weighted by atomic mass is 16.5. The highest BCUT2D eigenvalue weighted by Crippen LogP contribution is 2.31. The fraction of sp³-hybridized carbons (Fsp3) is 0.200. The second-order valence-corrected chi connectivity index (χ2v) is 5.66. The predicted molar refractivity (Wildman–Crippen MR) is 95.8 cm³/mol. The third kappa shape index (κ3) is 3.08. The maximum absolute atomic E-state index is 12.1. The van der Waals surface area contributed by atoms with Gasteiger partial charge in [-0.05, 0) is 44.5 Å². The lowest BCUT2D eigenvalue weighted by Crippen LogP contribution is -2.11. The smallest absolute Gasteiger partial charge is 0.340 e. The van der Waals surface area contributed by atoms with Crippen LogP contribution in [-0.2, 0) is 9.53 Å². The molecule has 0 unspecified atom stereocenters. The Bertz CT molecular complexity index is 855. The molecule has 4 heteroatoms. The topological polar surface area (TPSA) is 54.5 Å². The first-order chi connectivity index (χ1) is 11.6. The summed E-state index contributed by atoms with van der Waals surface area (Å²) >= 11 is 0. The van der Waals surface area contributed by atoms with Crippen LogP contribution in [0.5, 0.6) is 0 Å². The number of aromatic nitrogens is 1. The Labute approximate surface area is 141 Å². The quantitative estimate of drug-likeness (QED) is 0.864. The number of aliphatic imine (C=N–C) groups is 1. The molecule has 1 aliphatic rings. The van der Waals surface area contributed by atoms with Gasteiger partial charge in [0.05, 0.1) is 23.6 Å². The Morgan fingerprint density at radius 2 is 1.88 bits per heavy atom. The molecule has 0 aliphatic carbocycles. The van der Waals surface area contributed by atoms with Crippen molar-refractivity contribution in [3.8, 4) is 0 Å². The van der Waals surface area contributed by atoms with E-state index in [9.17, 15) is 4.79 Å². The number of nitrogens with zero attached hydrogens (tertiary/aromatic N) is 1. The summed E-state index contributed by atoms with van der Waals surface area (Å²) in [4.78, 5) is 20.1. The molecule has 0 atom stereocenters. The van der Waals surface area contributed by atoms with Gasteiger partial charge >= 0.3 is 5.97 Å². The second-order valence-electron chi connectivity index (χ2n) is 5.66. The van der Waals surface area contributed by atoms with Gasteiger partial charge in [-0.3, -0.25) is 4.99 Å². The van der Waals surface area contributed by atoms with Crippen LogP contribution in [0.2, 0.25) is 0 Å². The number of ether oxygens (including phenoxy) is 1. The van der Waals surface area contributed by atoms with Crippen LogP contribution in [0.3, 0.4) is 0 Å². The molecule has 1 N–H and O–H groups in total. The molecular formula is C20H20N2O2. The highest BCUT2D eigenvalue weighted by molar-refractivity contribution is 6.21. The Kier molecular flexibility index (Phi) is 4.47. The first-order valence-electron chi connectivity index (χ1n) is 8.00. The summed E-state index contributed by atoms with van der Waals surface area (Å²) in [5, 5.41) is 0. The second kappa shape index (κ2) is 6.71. The molecule has 1 aromatic carbocycles. The van der Waals surface area contributed by atoms with Crippen molar-refractivity contribution in [2.24, 2.45) is 4.99 Å². The number of esters is 1. The van der Waals surface area contributed by atoms with Gasteiger partial charge in [0.15, 0.2) is 0 Å². The van der Waals surface area contributed by atoms with Crippen molar-refractivity contribution in [2.45, 2.75) is 20.8 Å². The van der Waals surface area contributed by atoms with Crippen LogP contribution >= 0.6 is 0 Å². The summed E-state index contributed by atoms with van der Waals surface area (Å²) in [5.74, 6) is -0.330. The van der Waals surface area contributed by atoms with Gasteiger partial charge in [0.25, 0.3) is 0 Å². The molecule has 3 rings (SSSR count). The van der Waals surface area contributed by atoms with E-state index >= 15 is 0 Å². The van der Waals surface area contributed by atoms with E-state index in [0.29, 0.717) is 17.9 Å². The summed E-state index contributed by atoms with van der Waals surface area (Å²) in [5.41, 5.74) is 6.04. The molecule has 0 radical (unpaired) electrons. The number of carbonyl (C=O) groups is 1. The number of nitrogens with one attached hydrogen (secondary N) is 1. The summed E-state index contributed by atoms with van der Waals surface area (Å²) < 4.78 is 5.12. The van der Waals surface area contributed by atoms with E-state index in [1.54, 1.807) is 6.92 Å². The van der Waals surface area contributed by atoms with Crippen LogP contribution in [-0.4, -0.2) is 23.3 Å². The molecule has 1 aliphatic heterocycles. The van der Waals surface area contributed by atoms with Gasteiger partial charge in [0.2, 0.25) is 0 Å². The molecule has 2 heterocycles. The minimum absolute atomic E-state index is 0.330. The molecule has 1 aromatic heterocycles. The number of hydrogen-bond acceptors (Lipinski definition) is 3. The number of carbonyl (C=O) groups excluding carboxylic acids is 1. The average molecular weight is 320 g/mol. The van der Waals surface area contributed by atoms with E-state index in [2.05, 4.69) is 9.98 Å². The summed E-state index contributed by atoms with van der Waals surface area (Å²) in [6.45, 7) is 6.00. The number of benzene rings is 1. The molecule has 0 saturated heterocycles. The van der Waals surface area contributed by atoms with Crippen LogP contribution < -0.4 is 0 Å². The first-order valence-corrected chi connectivity index (χ1v) is 8.00. The van der Waals surface area contributed by atoms with Crippen molar-refractivity contribution in [3.05, 3.63) is 76.8 Å². The third-order valence-corrected chi connectivity index (χ3v) is 3.87. The lowest BCUT2D eigenvalue weighted by Gasteiger charge is -2.08. The number of rotatable bonds is 4. The maximum Gasteiger partial charge on any atom is 0.340 e. The zero-order chi connectivity index (χ0) is 17.1. The molecule has 122 valence electrons. The lowest BCUT2D eigenvalue weighted by molar-refractivity contribution is -0.137. The van der Waals surface area contributed by atoms with E-state index in [0.717, 1.165) is 28.2 Å². The lowest BCUT2D eigenvalue weighted by atomic mass is 10.0. The number of allylic oxidation sites excluding steroid dienone is 1. The number of aryl methyl sites for hydroxylation is 1. The van der Waals surface area contributed by atoms with Crippen molar-refractivity contribution in [2.75, 3.05) is 6.61 Å². The SMILES string of the molecule is CCOC(=O)C1=CC(=C(c2ccccc2)c2ccc(C)[nH]2)N=C1C. The molecular weight excluding hydrogens is 300 g/mol. The van der Waals surface area contributed by atoms with Gasteiger partial charge in [0, 0.05) is 17.0 Å². The number of H-pyrrole nitrogens is 1. The van der Waals surface area contributed by atoms with Gasteiger partial charge in [-0.25, -0.2) is 4.79 Å². The molecule has 0 amide bonds. The minimum Gasteiger partial charge on any atom is -0.462 e. The normalized spacial score (nSPS) is 15.8. The average Bonchev–Trinajstić information content (AvgIpc) is 3.15. The summed E-state index contributed by atoms with van der Waals surface area (Å²) in [6, 6.07) is 14.1. The van der Waals surface area contributed by atoms with Crippen molar-refractivity contribution >= 4 is 17.3 Å². The molecule has 2 aromatic rings. The molecule has 0 spiro atoms. The highest BCUT2D eigenvalue weighted by Gasteiger charge is 2.23. The Morgan fingerprint density at radius 3 is 2.50 bits per heavy atom. The first kappa shape index (κ1) is 16.0. The molecule has 0 fully saturated rings. The Balaban J connectivity index is 2.16. The molecule has 0 saturated carbocycles.